The van der Waals surface area contributed by atoms with Crippen LogP contribution in [0.5, 0.6) is 0 Å². The largest absolute Gasteiger partial charge is 0.397 e. The van der Waals surface area contributed by atoms with Gasteiger partial charge >= 0.3 is 0 Å². The van der Waals surface area contributed by atoms with Crippen LogP contribution in [-0.4, -0.2) is 39.7 Å². The average molecular weight is 279 g/mol. The maximum atomic E-state index is 12.8. The van der Waals surface area contributed by atoms with Crippen molar-refractivity contribution < 1.29 is 9.90 Å². The van der Waals surface area contributed by atoms with Gasteiger partial charge in [0.1, 0.15) is 5.69 Å². The van der Waals surface area contributed by atoms with Crippen LogP contribution >= 0.6 is 0 Å². The second-order valence-corrected chi connectivity index (χ2v) is 5.82. The fourth-order valence-electron chi connectivity index (χ4n) is 3.02. The summed E-state index contributed by atoms with van der Waals surface area (Å²) in [5.74, 6) is -0.0173. The van der Waals surface area contributed by atoms with E-state index in [1.165, 1.54) is 0 Å². The summed E-state index contributed by atoms with van der Waals surface area (Å²) in [7, 11) is 0. The highest BCUT2D eigenvalue weighted by atomic mass is 16.3. The van der Waals surface area contributed by atoms with E-state index < -0.39 is 0 Å². The Labute approximate surface area is 120 Å². The molecule has 1 aromatic rings. The maximum Gasteiger partial charge on any atom is 0.270 e. The standard InChI is InChI=1S/C15H25N3O2/c1-11(2)18-10-12(16)9-14(18)15(20)17(7-8-19)13-5-3-4-6-13/h9-11,13,19H,3-8,16H2,1-2H3. The molecule has 1 amide bonds. The van der Waals surface area contributed by atoms with Crippen LogP contribution in [0.4, 0.5) is 5.69 Å². The van der Waals surface area contributed by atoms with E-state index in [2.05, 4.69) is 0 Å². The summed E-state index contributed by atoms with van der Waals surface area (Å²) in [6.45, 7) is 4.46. The molecule has 0 aromatic carbocycles. The number of anilines is 1. The number of aliphatic hydroxyl groups excluding tert-OH is 1. The molecule has 3 N–H and O–H groups in total. The first-order valence-corrected chi connectivity index (χ1v) is 7.43. The lowest BCUT2D eigenvalue weighted by atomic mass is 10.2. The molecule has 2 rings (SSSR count). The minimum absolute atomic E-state index is 0.000108. The van der Waals surface area contributed by atoms with Gasteiger partial charge in [0.05, 0.1) is 12.3 Å². The van der Waals surface area contributed by atoms with Crippen molar-refractivity contribution in [2.45, 2.75) is 51.6 Å². The maximum absolute atomic E-state index is 12.8. The van der Waals surface area contributed by atoms with Crippen LogP contribution in [0.15, 0.2) is 12.3 Å². The lowest BCUT2D eigenvalue weighted by molar-refractivity contribution is 0.0625. The van der Waals surface area contributed by atoms with E-state index in [9.17, 15) is 9.90 Å². The fourth-order valence-corrected chi connectivity index (χ4v) is 3.02. The van der Waals surface area contributed by atoms with E-state index in [-0.39, 0.29) is 24.6 Å². The summed E-state index contributed by atoms with van der Waals surface area (Å²) in [6, 6.07) is 2.18. The topological polar surface area (TPSA) is 71.5 Å². The fraction of sp³-hybridized carbons (Fsp3) is 0.667. The molecule has 0 aliphatic heterocycles. The highest BCUT2D eigenvalue weighted by Gasteiger charge is 2.29. The predicted molar refractivity (Wildman–Crippen MR) is 79.6 cm³/mol. The van der Waals surface area contributed by atoms with Crippen molar-refractivity contribution in [2.75, 3.05) is 18.9 Å². The van der Waals surface area contributed by atoms with Gasteiger partial charge in [-0.15, -0.1) is 0 Å². The summed E-state index contributed by atoms with van der Waals surface area (Å²) in [5.41, 5.74) is 7.07. The third-order valence-corrected chi connectivity index (χ3v) is 4.01. The van der Waals surface area contributed by atoms with Crippen LogP contribution < -0.4 is 5.73 Å². The van der Waals surface area contributed by atoms with Gasteiger partial charge in [-0.1, -0.05) is 12.8 Å². The van der Waals surface area contributed by atoms with Gasteiger partial charge < -0.3 is 20.3 Å². The van der Waals surface area contributed by atoms with Crippen molar-refractivity contribution in [3.8, 4) is 0 Å². The number of nitrogens with zero attached hydrogens (tertiary/aromatic N) is 2. The van der Waals surface area contributed by atoms with Crippen LogP contribution in [0.25, 0.3) is 0 Å². The minimum atomic E-state index is -0.0173. The number of hydrogen-bond acceptors (Lipinski definition) is 3. The molecule has 112 valence electrons. The quantitative estimate of drug-likeness (QED) is 0.866. The summed E-state index contributed by atoms with van der Waals surface area (Å²) in [6.07, 6.45) is 6.19. The number of hydrogen-bond donors (Lipinski definition) is 2. The molecule has 0 unspecified atom stereocenters. The summed E-state index contributed by atoms with van der Waals surface area (Å²) >= 11 is 0. The van der Waals surface area contributed by atoms with E-state index in [1.807, 2.05) is 29.5 Å². The number of aliphatic hydroxyl groups is 1. The molecular weight excluding hydrogens is 254 g/mol. The van der Waals surface area contributed by atoms with Crippen LogP contribution in [0.1, 0.15) is 56.1 Å². The van der Waals surface area contributed by atoms with Crippen LogP contribution in [0.2, 0.25) is 0 Å². The second-order valence-electron chi connectivity index (χ2n) is 5.82. The molecule has 5 heteroatoms. The Kier molecular flexibility index (Phi) is 4.70. The number of carbonyl (C=O) groups excluding carboxylic acids is 1. The number of nitrogens with two attached hydrogens (primary N) is 1. The lowest BCUT2D eigenvalue weighted by Crippen LogP contribution is -2.41. The van der Waals surface area contributed by atoms with E-state index in [0.29, 0.717) is 17.9 Å². The van der Waals surface area contributed by atoms with Crippen molar-refractivity contribution in [3.63, 3.8) is 0 Å². The molecule has 1 aromatic heterocycles. The Balaban J connectivity index is 2.26. The van der Waals surface area contributed by atoms with Gasteiger partial charge in [-0.05, 0) is 32.8 Å². The Morgan fingerprint density at radius 2 is 2.15 bits per heavy atom. The van der Waals surface area contributed by atoms with Crippen molar-refractivity contribution >= 4 is 11.6 Å². The molecule has 1 heterocycles. The molecule has 0 atom stereocenters. The first kappa shape index (κ1) is 14.9. The number of rotatable bonds is 5. The highest BCUT2D eigenvalue weighted by Crippen LogP contribution is 2.26. The third kappa shape index (κ3) is 2.98. The highest BCUT2D eigenvalue weighted by molar-refractivity contribution is 5.94. The Bertz CT molecular complexity index is 462. The zero-order chi connectivity index (χ0) is 14.7. The monoisotopic (exact) mass is 279 g/mol. The molecule has 1 aliphatic rings. The van der Waals surface area contributed by atoms with Crippen LogP contribution in [0.3, 0.4) is 0 Å². The smallest absolute Gasteiger partial charge is 0.270 e. The van der Waals surface area contributed by atoms with Crippen molar-refractivity contribution in [1.29, 1.82) is 0 Å². The van der Waals surface area contributed by atoms with Crippen molar-refractivity contribution in [3.05, 3.63) is 18.0 Å². The Hall–Kier alpha value is -1.49. The Morgan fingerprint density at radius 1 is 1.50 bits per heavy atom. The average Bonchev–Trinajstić information content (AvgIpc) is 3.04. The molecule has 1 saturated carbocycles. The van der Waals surface area contributed by atoms with Gasteiger partial charge in [0.25, 0.3) is 5.91 Å². The number of nitrogen functional groups attached to an aromatic ring is 1. The molecule has 1 fully saturated rings. The molecule has 0 bridgehead atoms. The molecule has 0 radical (unpaired) electrons. The zero-order valence-electron chi connectivity index (χ0n) is 12.4. The van der Waals surface area contributed by atoms with Gasteiger partial charge in [0, 0.05) is 24.8 Å². The van der Waals surface area contributed by atoms with E-state index in [4.69, 9.17) is 5.73 Å². The summed E-state index contributed by atoms with van der Waals surface area (Å²) < 4.78 is 1.91. The number of amides is 1. The normalized spacial score (nSPS) is 16.0. The SMILES string of the molecule is CC(C)n1cc(N)cc1C(=O)N(CCO)C1CCCC1. The Morgan fingerprint density at radius 3 is 2.70 bits per heavy atom. The summed E-state index contributed by atoms with van der Waals surface area (Å²) in [5, 5.41) is 9.25. The van der Waals surface area contributed by atoms with E-state index in [0.717, 1.165) is 25.7 Å². The van der Waals surface area contributed by atoms with Gasteiger partial charge in [-0.2, -0.15) is 0 Å². The van der Waals surface area contributed by atoms with Gasteiger partial charge in [0.2, 0.25) is 0 Å². The van der Waals surface area contributed by atoms with Crippen LogP contribution in [0, 0.1) is 0 Å². The van der Waals surface area contributed by atoms with Crippen molar-refractivity contribution in [1.82, 2.24) is 9.47 Å². The first-order valence-electron chi connectivity index (χ1n) is 7.43. The van der Waals surface area contributed by atoms with E-state index >= 15 is 0 Å². The molecule has 0 spiro atoms. The number of aromatic nitrogens is 1. The third-order valence-electron chi connectivity index (χ3n) is 4.01. The molecule has 0 saturated heterocycles. The van der Waals surface area contributed by atoms with Gasteiger partial charge in [0.15, 0.2) is 0 Å². The zero-order valence-corrected chi connectivity index (χ0v) is 12.4. The lowest BCUT2D eigenvalue weighted by Gasteiger charge is -2.29. The molecule has 5 nitrogen and oxygen atoms in total. The van der Waals surface area contributed by atoms with Gasteiger partial charge in [-0.3, -0.25) is 4.79 Å². The van der Waals surface area contributed by atoms with Crippen molar-refractivity contribution in [2.24, 2.45) is 0 Å². The minimum Gasteiger partial charge on any atom is -0.397 e. The molecular formula is C15H25N3O2. The molecule has 1 aliphatic carbocycles. The van der Waals surface area contributed by atoms with Gasteiger partial charge in [-0.25, -0.2) is 0 Å². The summed E-state index contributed by atoms with van der Waals surface area (Å²) in [4.78, 5) is 14.6. The molecule has 20 heavy (non-hydrogen) atoms. The van der Waals surface area contributed by atoms with Crippen LogP contribution in [-0.2, 0) is 0 Å². The first-order chi connectivity index (χ1) is 9.54. The number of carbonyl (C=O) groups is 1. The van der Waals surface area contributed by atoms with E-state index in [1.54, 1.807) is 6.07 Å². The second kappa shape index (κ2) is 6.31. The predicted octanol–water partition coefficient (Wildman–Crippen LogP) is 2.03.